The molecule has 4 heteroatoms. The van der Waals surface area contributed by atoms with Crippen LogP contribution in [0.2, 0.25) is 0 Å². The second-order valence-corrected chi connectivity index (χ2v) is 5.34. The topological polar surface area (TPSA) is 29.5 Å². The summed E-state index contributed by atoms with van der Waals surface area (Å²) < 4.78 is 6.16. The van der Waals surface area contributed by atoms with Crippen LogP contribution in [0.3, 0.4) is 0 Å². The van der Waals surface area contributed by atoms with E-state index < -0.39 is 0 Å². The van der Waals surface area contributed by atoms with Crippen LogP contribution in [-0.2, 0) is 4.74 Å². The largest absolute Gasteiger partial charge is 0.383 e. The number of nitrogens with zero attached hydrogens (tertiary/aromatic N) is 1. The highest BCUT2D eigenvalue weighted by Crippen LogP contribution is 2.11. The molecule has 0 N–H and O–H groups in total. The zero-order valence-corrected chi connectivity index (χ0v) is 12.6. The molecule has 1 rings (SSSR count). The van der Waals surface area contributed by atoms with Gasteiger partial charge in [-0.05, 0) is 60.7 Å². The summed E-state index contributed by atoms with van der Waals surface area (Å²) in [6.45, 7) is 5.22. The summed E-state index contributed by atoms with van der Waals surface area (Å²) in [5, 5.41) is 0. The molecule has 0 unspecified atom stereocenters. The first-order valence-corrected chi connectivity index (χ1v) is 6.69. The number of methoxy groups -OCH3 is 1. The number of hydrogen-bond donors (Lipinski definition) is 0. The summed E-state index contributed by atoms with van der Waals surface area (Å²) >= 11 is 2.23. The molecule has 1 amide bonds. The van der Waals surface area contributed by atoms with Crippen LogP contribution < -0.4 is 0 Å². The molecule has 0 saturated carbocycles. The predicted octanol–water partition coefficient (Wildman–Crippen LogP) is 2.79. The summed E-state index contributed by atoms with van der Waals surface area (Å²) in [5.41, 5.74) is 0.732. The van der Waals surface area contributed by atoms with Crippen LogP contribution in [0.1, 0.15) is 24.2 Å². The molecule has 1 aromatic rings. The molecule has 0 heterocycles. The van der Waals surface area contributed by atoms with Gasteiger partial charge in [0.05, 0.1) is 6.61 Å². The standard InChI is InChI=1S/C13H18INO2/c1-10(2)15(8-9-17-3)13(16)11-4-6-12(14)7-5-11/h4-7,10H,8-9H2,1-3H3. The Kier molecular flexibility index (Phi) is 5.91. The number of halogens is 1. The van der Waals surface area contributed by atoms with Crippen LogP contribution in [0.25, 0.3) is 0 Å². The van der Waals surface area contributed by atoms with E-state index in [1.54, 1.807) is 7.11 Å². The van der Waals surface area contributed by atoms with E-state index in [9.17, 15) is 4.79 Å². The number of rotatable bonds is 5. The molecular weight excluding hydrogens is 329 g/mol. The van der Waals surface area contributed by atoms with E-state index in [1.165, 1.54) is 0 Å². The Bertz CT molecular complexity index is 362. The smallest absolute Gasteiger partial charge is 0.254 e. The lowest BCUT2D eigenvalue weighted by Crippen LogP contribution is -2.39. The molecule has 0 radical (unpaired) electrons. The fourth-order valence-electron chi connectivity index (χ4n) is 1.54. The molecule has 1 aromatic carbocycles. The first kappa shape index (κ1) is 14.4. The zero-order valence-electron chi connectivity index (χ0n) is 10.4. The Balaban J connectivity index is 2.80. The highest BCUT2D eigenvalue weighted by molar-refractivity contribution is 14.1. The minimum Gasteiger partial charge on any atom is -0.383 e. The number of carbonyl (C=O) groups excluding carboxylic acids is 1. The maximum Gasteiger partial charge on any atom is 0.254 e. The van der Waals surface area contributed by atoms with Gasteiger partial charge in [-0.3, -0.25) is 4.79 Å². The Labute approximate surface area is 116 Å². The number of ether oxygens (including phenoxy) is 1. The lowest BCUT2D eigenvalue weighted by atomic mass is 10.2. The van der Waals surface area contributed by atoms with Crippen molar-refractivity contribution in [3.63, 3.8) is 0 Å². The highest BCUT2D eigenvalue weighted by atomic mass is 127. The summed E-state index contributed by atoms with van der Waals surface area (Å²) in [6, 6.07) is 7.81. The molecule has 3 nitrogen and oxygen atoms in total. The molecule has 0 bridgehead atoms. The van der Waals surface area contributed by atoms with Crippen LogP contribution in [-0.4, -0.2) is 37.1 Å². The summed E-state index contributed by atoms with van der Waals surface area (Å²) in [6.07, 6.45) is 0. The van der Waals surface area contributed by atoms with Crippen LogP contribution in [0.4, 0.5) is 0 Å². The van der Waals surface area contributed by atoms with Crippen molar-refractivity contribution < 1.29 is 9.53 Å². The Hall–Kier alpha value is -0.620. The number of amides is 1. The van der Waals surface area contributed by atoms with E-state index in [0.29, 0.717) is 13.2 Å². The van der Waals surface area contributed by atoms with Crippen molar-refractivity contribution in [1.29, 1.82) is 0 Å². The summed E-state index contributed by atoms with van der Waals surface area (Å²) in [5.74, 6) is 0.0634. The van der Waals surface area contributed by atoms with Crippen LogP contribution in [0, 0.1) is 3.57 Å². The van der Waals surface area contributed by atoms with Crippen LogP contribution in [0.15, 0.2) is 24.3 Å². The lowest BCUT2D eigenvalue weighted by molar-refractivity contribution is 0.0635. The molecule has 0 atom stereocenters. The molecular formula is C13H18INO2. The highest BCUT2D eigenvalue weighted by Gasteiger charge is 2.17. The minimum atomic E-state index is 0.0634. The van der Waals surface area contributed by atoms with Crippen molar-refractivity contribution in [1.82, 2.24) is 4.90 Å². The van der Waals surface area contributed by atoms with Crippen molar-refractivity contribution in [2.45, 2.75) is 19.9 Å². The summed E-state index contributed by atoms with van der Waals surface area (Å²) in [7, 11) is 1.65. The molecule has 0 aliphatic rings. The summed E-state index contributed by atoms with van der Waals surface area (Å²) in [4.78, 5) is 14.1. The van der Waals surface area contributed by atoms with Gasteiger partial charge in [-0.15, -0.1) is 0 Å². The third-order valence-electron chi connectivity index (χ3n) is 2.51. The normalized spacial score (nSPS) is 10.6. The number of hydrogen-bond acceptors (Lipinski definition) is 2. The first-order chi connectivity index (χ1) is 8.06. The molecule has 0 fully saturated rings. The Morgan fingerprint density at radius 3 is 2.41 bits per heavy atom. The maximum absolute atomic E-state index is 12.3. The van der Waals surface area contributed by atoms with Gasteiger partial charge < -0.3 is 9.64 Å². The van der Waals surface area contributed by atoms with Gasteiger partial charge in [0, 0.05) is 28.8 Å². The minimum absolute atomic E-state index is 0.0634. The van der Waals surface area contributed by atoms with Crippen LogP contribution >= 0.6 is 22.6 Å². The molecule has 94 valence electrons. The average Bonchev–Trinajstić information content (AvgIpc) is 2.29. The van der Waals surface area contributed by atoms with Gasteiger partial charge >= 0.3 is 0 Å². The first-order valence-electron chi connectivity index (χ1n) is 5.61. The maximum atomic E-state index is 12.3. The van der Waals surface area contributed by atoms with Crippen molar-refractivity contribution in [2.75, 3.05) is 20.3 Å². The van der Waals surface area contributed by atoms with E-state index >= 15 is 0 Å². The van der Waals surface area contributed by atoms with Crippen molar-refractivity contribution >= 4 is 28.5 Å². The average molecular weight is 347 g/mol. The fraction of sp³-hybridized carbons (Fsp3) is 0.462. The van der Waals surface area contributed by atoms with Gasteiger partial charge in [0.25, 0.3) is 5.91 Å². The SMILES string of the molecule is COCCN(C(=O)c1ccc(I)cc1)C(C)C. The van der Waals surface area contributed by atoms with Gasteiger partial charge in [0.15, 0.2) is 0 Å². The monoisotopic (exact) mass is 347 g/mol. The number of benzene rings is 1. The molecule has 0 aromatic heterocycles. The van der Waals surface area contributed by atoms with Gasteiger partial charge in [-0.25, -0.2) is 0 Å². The zero-order chi connectivity index (χ0) is 12.8. The quantitative estimate of drug-likeness (QED) is 0.767. The van der Waals surface area contributed by atoms with E-state index in [2.05, 4.69) is 22.6 Å². The molecule has 0 aliphatic heterocycles. The lowest BCUT2D eigenvalue weighted by Gasteiger charge is -2.26. The predicted molar refractivity (Wildman–Crippen MR) is 77.2 cm³/mol. The van der Waals surface area contributed by atoms with Crippen molar-refractivity contribution in [3.8, 4) is 0 Å². The third-order valence-corrected chi connectivity index (χ3v) is 3.23. The second kappa shape index (κ2) is 6.96. The van der Waals surface area contributed by atoms with E-state index in [1.807, 2.05) is 43.0 Å². The molecule has 0 aliphatic carbocycles. The van der Waals surface area contributed by atoms with Gasteiger partial charge in [0.2, 0.25) is 0 Å². The Morgan fingerprint density at radius 1 is 1.35 bits per heavy atom. The van der Waals surface area contributed by atoms with Crippen molar-refractivity contribution in [3.05, 3.63) is 33.4 Å². The van der Waals surface area contributed by atoms with E-state index in [0.717, 1.165) is 9.13 Å². The number of carbonyl (C=O) groups is 1. The van der Waals surface area contributed by atoms with E-state index in [-0.39, 0.29) is 11.9 Å². The van der Waals surface area contributed by atoms with Gasteiger partial charge in [-0.1, -0.05) is 0 Å². The molecule has 17 heavy (non-hydrogen) atoms. The van der Waals surface area contributed by atoms with Gasteiger partial charge in [-0.2, -0.15) is 0 Å². The fourth-order valence-corrected chi connectivity index (χ4v) is 1.90. The van der Waals surface area contributed by atoms with Crippen LogP contribution in [0.5, 0.6) is 0 Å². The Morgan fingerprint density at radius 2 is 1.94 bits per heavy atom. The van der Waals surface area contributed by atoms with Crippen molar-refractivity contribution in [2.24, 2.45) is 0 Å². The molecule has 0 spiro atoms. The second-order valence-electron chi connectivity index (χ2n) is 4.09. The van der Waals surface area contributed by atoms with Gasteiger partial charge in [0.1, 0.15) is 0 Å². The third kappa shape index (κ3) is 4.27. The van der Waals surface area contributed by atoms with E-state index in [4.69, 9.17) is 4.74 Å². The molecule has 0 saturated heterocycles.